The quantitative estimate of drug-likeness (QED) is 0.565. The lowest BCUT2D eigenvalue weighted by molar-refractivity contribution is 0.0896. The van der Waals surface area contributed by atoms with Gasteiger partial charge >= 0.3 is 0 Å². The van der Waals surface area contributed by atoms with Crippen molar-refractivity contribution in [2.45, 2.75) is 32.0 Å². The van der Waals surface area contributed by atoms with Gasteiger partial charge in [0.05, 0.1) is 31.0 Å². The molecule has 2 aromatic heterocycles. The van der Waals surface area contributed by atoms with Crippen LogP contribution in [0.4, 0.5) is 0 Å². The molecule has 9 heteroatoms. The molecule has 1 fully saturated rings. The summed E-state index contributed by atoms with van der Waals surface area (Å²) in [6.45, 7) is 2.40. The largest absolute Gasteiger partial charge is 0.467 e. The summed E-state index contributed by atoms with van der Waals surface area (Å²) >= 11 is 5.66. The predicted molar refractivity (Wildman–Crippen MR) is 118 cm³/mol. The molecule has 2 aliphatic heterocycles. The third kappa shape index (κ3) is 4.38. The minimum absolute atomic E-state index is 0.0942. The zero-order chi connectivity index (χ0) is 21.2. The number of furan rings is 1. The lowest BCUT2D eigenvalue weighted by Gasteiger charge is -2.28. The third-order valence-corrected chi connectivity index (χ3v) is 5.91. The first kappa shape index (κ1) is 19.9. The number of rotatable bonds is 6. The highest BCUT2D eigenvalue weighted by atomic mass is 32.1. The molecule has 0 aliphatic carbocycles. The van der Waals surface area contributed by atoms with Crippen molar-refractivity contribution in [1.82, 2.24) is 15.2 Å². The van der Waals surface area contributed by atoms with E-state index in [9.17, 15) is 4.79 Å². The zero-order valence-electron chi connectivity index (χ0n) is 16.9. The number of benzene rings is 1. The van der Waals surface area contributed by atoms with Gasteiger partial charge in [0.2, 0.25) is 6.79 Å². The first-order valence-electron chi connectivity index (χ1n) is 10.3. The van der Waals surface area contributed by atoms with Gasteiger partial charge in [-0.05, 0) is 49.3 Å². The second-order valence-electron chi connectivity index (χ2n) is 7.67. The Labute approximate surface area is 184 Å². The Hall–Kier alpha value is -3.04. The number of ether oxygens (including phenoxy) is 3. The Bertz CT molecular complexity index is 1140. The summed E-state index contributed by atoms with van der Waals surface area (Å²) < 4.78 is 22.1. The molecule has 2 aliphatic rings. The van der Waals surface area contributed by atoms with E-state index < -0.39 is 0 Å². The van der Waals surface area contributed by atoms with E-state index in [1.54, 1.807) is 12.3 Å². The highest BCUT2D eigenvalue weighted by Crippen LogP contribution is 2.35. The van der Waals surface area contributed by atoms with Gasteiger partial charge in [0, 0.05) is 30.2 Å². The number of fused-ring (bicyclic) bond motifs is 2. The van der Waals surface area contributed by atoms with Gasteiger partial charge in [0.1, 0.15) is 5.76 Å². The number of aromatic amines is 1. The van der Waals surface area contributed by atoms with Crippen molar-refractivity contribution in [3.8, 4) is 11.5 Å². The number of hydrogen-bond acceptors (Lipinski definition) is 6. The van der Waals surface area contributed by atoms with Crippen molar-refractivity contribution in [3.63, 3.8) is 0 Å². The molecular weight excluding hydrogens is 418 g/mol. The number of thiocarbonyl (C=S) groups is 1. The second kappa shape index (κ2) is 8.60. The molecule has 0 spiro atoms. The normalized spacial score (nSPS) is 17.2. The molecule has 1 aromatic carbocycles. The molecule has 31 heavy (non-hydrogen) atoms. The van der Waals surface area contributed by atoms with E-state index in [0.29, 0.717) is 47.3 Å². The topological polar surface area (TPSA) is 89.0 Å². The summed E-state index contributed by atoms with van der Waals surface area (Å²) in [5, 5.41) is 4.66. The van der Waals surface area contributed by atoms with Crippen molar-refractivity contribution in [3.05, 3.63) is 58.3 Å². The monoisotopic (exact) mass is 441 g/mol. The molecule has 1 saturated heterocycles. The first-order valence-corrected chi connectivity index (χ1v) is 10.7. The van der Waals surface area contributed by atoms with Gasteiger partial charge in [0.15, 0.2) is 16.6 Å². The van der Waals surface area contributed by atoms with E-state index in [-0.39, 0.29) is 18.5 Å². The minimum Gasteiger partial charge on any atom is -0.467 e. The Balaban J connectivity index is 1.38. The number of pyridine rings is 1. The highest BCUT2D eigenvalue weighted by molar-refractivity contribution is 7.80. The van der Waals surface area contributed by atoms with Crippen LogP contribution in [0, 0.1) is 0 Å². The van der Waals surface area contributed by atoms with Gasteiger partial charge in [-0.3, -0.25) is 4.79 Å². The Morgan fingerprint density at radius 1 is 1.26 bits per heavy atom. The van der Waals surface area contributed by atoms with Gasteiger partial charge in [-0.15, -0.1) is 0 Å². The number of nitrogens with zero attached hydrogens (tertiary/aromatic N) is 1. The van der Waals surface area contributed by atoms with E-state index >= 15 is 0 Å². The van der Waals surface area contributed by atoms with Crippen LogP contribution in [0.5, 0.6) is 11.5 Å². The Morgan fingerprint density at radius 2 is 2.13 bits per heavy atom. The predicted octanol–water partition coefficient (Wildman–Crippen LogP) is 2.91. The van der Waals surface area contributed by atoms with E-state index in [0.717, 1.165) is 30.6 Å². The average Bonchev–Trinajstić information content (AvgIpc) is 3.53. The summed E-state index contributed by atoms with van der Waals surface area (Å²) in [5.74, 6) is 2.11. The fourth-order valence-corrected chi connectivity index (χ4v) is 4.12. The maximum absolute atomic E-state index is 12.8. The molecule has 0 radical (unpaired) electrons. The van der Waals surface area contributed by atoms with Crippen LogP contribution < -0.4 is 20.3 Å². The van der Waals surface area contributed by atoms with E-state index in [1.165, 1.54) is 0 Å². The lowest BCUT2D eigenvalue weighted by Crippen LogP contribution is -2.43. The number of hydrogen-bond donors (Lipinski definition) is 2. The van der Waals surface area contributed by atoms with Crippen LogP contribution in [-0.4, -0.2) is 41.0 Å². The first-order chi connectivity index (χ1) is 15.2. The van der Waals surface area contributed by atoms with Gasteiger partial charge in [-0.1, -0.05) is 0 Å². The minimum atomic E-state index is -0.155. The summed E-state index contributed by atoms with van der Waals surface area (Å²) in [4.78, 5) is 17.7. The second-order valence-corrected chi connectivity index (χ2v) is 8.06. The number of H-pyrrole nitrogens is 1. The van der Waals surface area contributed by atoms with Gasteiger partial charge < -0.3 is 33.8 Å². The molecule has 3 aromatic rings. The van der Waals surface area contributed by atoms with Crippen LogP contribution in [-0.2, 0) is 17.8 Å². The molecule has 4 heterocycles. The van der Waals surface area contributed by atoms with Crippen molar-refractivity contribution in [1.29, 1.82) is 0 Å². The molecule has 0 amide bonds. The van der Waals surface area contributed by atoms with Crippen LogP contribution in [0.3, 0.4) is 0 Å². The SMILES string of the molecule is O=c1[nH]c2cc3c(cc2cc1CN(C[C@H]1CCCO1)C(=S)NCc1ccco1)OCO3. The standard InChI is InChI=1S/C22H23N3O5S/c26-21-15(7-14-8-19-20(30-13-29-19)9-18(14)24-21)11-25(12-17-4-2-6-28-17)22(31)23-10-16-3-1-5-27-16/h1,3,5,7-9,17H,2,4,6,10-13H2,(H,23,31)(H,24,26)/t17-/m1/s1. The van der Waals surface area contributed by atoms with Crippen molar-refractivity contribution in [2.24, 2.45) is 0 Å². The van der Waals surface area contributed by atoms with Crippen LogP contribution in [0.2, 0.25) is 0 Å². The third-order valence-electron chi connectivity index (χ3n) is 5.50. The fraction of sp³-hybridized carbons (Fsp3) is 0.364. The number of aromatic nitrogens is 1. The van der Waals surface area contributed by atoms with E-state index in [1.807, 2.05) is 29.2 Å². The molecule has 0 saturated carbocycles. The molecular formula is C22H23N3O5S. The molecule has 0 unspecified atom stereocenters. The van der Waals surface area contributed by atoms with Crippen LogP contribution >= 0.6 is 12.2 Å². The van der Waals surface area contributed by atoms with Crippen LogP contribution in [0.1, 0.15) is 24.2 Å². The summed E-state index contributed by atoms with van der Waals surface area (Å²) in [7, 11) is 0. The van der Waals surface area contributed by atoms with Gasteiger partial charge in [0.25, 0.3) is 5.56 Å². The summed E-state index contributed by atoms with van der Waals surface area (Å²) in [6.07, 6.45) is 3.74. The van der Waals surface area contributed by atoms with Crippen molar-refractivity contribution >= 4 is 28.2 Å². The lowest BCUT2D eigenvalue weighted by atomic mass is 10.1. The zero-order valence-corrected chi connectivity index (χ0v) is 17.7. The van der Waals surface area contributed by atoms with Crippen LogP contribution in [0.15, 0.2) is 45.8 Å². The van der Waals surface area contributed by atoms with Gasteiger partial charge in [-0.2, -0.15) is 0 Å². The maximum Gasteiger partial charge on any atom is 0.253 e. The van der Waals surface area contributed by atoms with E-state index in [4.69, 9.17) is 30.8 Å². The summed E-state index contributed by atoms with van der Waals surface area (Å²) in [5.41, 5.74) is 1.17. The van der Waals surface area contributed by atoms with Crippen molar-refractivity contribution < 1.29 is 18.6 Å². The molecule has 8 nitrogen and oxygen atoms in total. The smallest absolute Gasteiger partial charge is 0.253 e. The molecule has 2 N–H and O–H groups in total. The number of nitrogens with one attached hydrogen (secondary N) is 2. The average molecular weight is 442 g/mol. The Kier molecular flexibility index (Phi) is 5.52. The van der Waals surface area contributed by atoms with E-state index in [2.05, 4.69) is 10.3 Å². The van der Waals surface area contributed by atoms with Gasteiger partial charge in [-0.25, -0.2) is 0 Å². The van der Waals surface area contributed by atoms with Crippen molar-refractivity contribution in [2.75, 3.05) is 19.9 Å². The summed E-state index contributed by atoms with van der Waals surface area (Å²) in [6, 6.07) is 9.29. The molecule has 5 rings (SSSR count). The Morgan fingerprint density at radius 3 is 2.90 bits per heavy atom. The molecule has 1 atom stereocenters. The fourth-order valence-electron chi connectivity index (χ4n) is 3.91. The maximum atomic E-state index is 12.8. The van der Waals surface area contributed by atoms with Crippen LogP contribution in [0.25, 0.3) is 10.9 Å². The molecule has 162 valence electrons. The highest BCUT2D eigenvalue weighted by Gasteiger charge is 2.23. The molecule has 0 bridgehead atoms.